The lowest BCUT2D eigenvalue weighted by Gasteiger charge is -2.11. The molecule has 4 nitrogen and oxygen atoms in total. The van der Waals surface area contributed by atoms with E-state index < -0.39 is 10.0 Å². The lowest BCUT2D eigenvalue weighted by Crippen LogP contribution is -2.28. The first kappa shape index (κ1) is 13.3. The molecule has 0 spiro atoms. The van der Waals surface area contributed by atoms with E-state index >= 15 is 0 Å². The lowest BCUT2D eigenvalue weighted by molar-refractivity contribution is 0.0223. The molecule has 0 unspecified atom stereocenters. The predicted octanol–water partition coefficient (Wildman–Crippen LogP) is 2.44. The molecule has 94 valence electrons. The van der Waals surface area contributed by atoms with E-state index in [2.05, 4.69) is 27.5 Å². The van der Waals surface area contributed by atoms with Crippen molar-refractivity contribution in [2.24, 2.45) is 0 Å². The smallest absolute Gasteiger partial charge is 0.262 e. The largest absolute Gasteiger partial charge is 0.284 e. The van der Waals surface area contributed by atoms with Gasteiger partial charge in [0, 0.05) is 3.57 Å². The van der Waals surface area contributed by atoms with Crippen molar-refractivity contribution in [1.82, 2.24) is 4.89 Å². The van der Waals surface area contributed by atoms with Crippen molar-refractivity contribution >= 4 is 32.6 Å². The fraction of sp³-hybridized carbons (Fsp3) is 0.455. The van der Waals surface area contributed by atoms with Crippen LogP contribution in [0.3, 0.4) is 0 Å². The van der Waals surface area contributed by atoms with E-state index in [1.165, 1.54) is 0 Å². The van der Waals surface area contributed by atoms with Crippen LogP contribution in [0, 0.1) is 3.57 Å². The first-order valence-electron chi connectivity index (χ1n) is 5.51. The van der Waals surface area contributed by atoms with Gasteiger partial charge in [-0.1, -0.05) is 17.7 Å². The third kappa shape index (κ3) is 3.64. The number of nitrogens with one attached hydrogen (secondary N) is 1. The maximum Gasteiger partial charge on any atom is 0.262 e. The minimum absolute atomic E-state index is 0.0219. The monoisotopic (exact) mass is 367 g/mol. The second kappa shape index (κ2) is 5.64. The number of benzene rings is 1. The molecule has 1 aliphatic carbocycles. The van der Waals surface area contributed by atoms with Crippen LogP contribution >= 0.6 is 22.6 Å². The van der Waals surface area contributed by atoms with Gasteiger partial charge >= 0.3 is 0 Å². The second-order valence-corrected chi connectivity index (χ2v) is 6.96. The first-order chi connectivity index (χ1) is 8.08. The summed E-state index contributed by atoms with van der Waals surface area (Å²) in [6.45, 7) is 0. The molecule has 6 heteroatoms. The van der Waals surface area contributed by atoms with Crippen LogP contribution in [0.15, 0.2) is 29.2 Å². The Labute approximate surface area is 115 Å². The highest BCUT2D eigenvalue weighted by atomic mass is 127. The average Bonchev–Trinajstić information content (AvgIpc) is 2.80. The minimum atomic E-state index is -3.54. The van der Waals surface area contributed by atoms with Crippen molar-refractivity contribution in [2.45, 2.75) is 36.7 Å². The van der Waals surface area contributed by atoms with E-state index in [1.54, 1.807) is 24.3 Å². The van der Waals surface area contributed by atoms with Crippen LogP contribution in [-0.4, -0.2) is 14.5 Å². The van der Waals surface area contributed by atoms with E-state index in [9.17, 15) is 8.42 Å². The van der Waals surface area contributed by atoms with Gasteiger partial charge in [0.15, 0.2) is 0 Å². The van der Waals surface area contributed by atoms with E-state index in [0.717, 1.165) is 29.3 Å². The number of halogens is 1. The van der Waals surface area contributed by atoms with E-state index in [-0.39, 0.29) is 11.0 Å². The lowest BCUT2D eigenvalue weighted by atomic mass is 10.3. The molecule has 0 radical (unpaired) electrons. The summed E-state index contributed by atoms with van der Waals surface area (Å²) >= 11 is 2.13. The summed E-state index contributed by atoms with van der Waals surface area (Å²) in [5, 5.41) is 0. The molecule has 0 aliphatic heterocycles. The highest BCUT2D eigenvalue weighted by Crippen LogP contribution is 2.20. The normalized spacial score (nSPS) is 17.5. The SMILES string of the molecule is O=S(=O)(NOC1CCCC1)c1ccc(I)cc1. The summed E-state index contributed by atoms with van der Waals surface area (Å²) < 4.78 is 24.7. The summed E-state index contributed by atoms with van der Waals surface area (Å²) in [7, 11) is -3.54. The molecule has 1 N–H and O–H groups in total. The van der Waals surface area contributed by atoms with Gasteiger partial charge in [0.1, 0.15) is 0 Å². The molecule has 1 fully saturated rings. The molecule has 0 atom stereocenters. The molecule has 1 aromatic rings. The Bertz CT molecular complexity index is 466. The molecule has 17 heavy (non-hydrogen) atoms. The zero-order chi connectivity index (χ0) is 12.3. The molecule has 0 aromatic heterocycles. The zero-order valence-corrected chi connectivity index (χ0v) is 12.2. The van der Waals surface area contributed by atoms with Gasteiger partial charge in [0.05, 0.1) is 11.0 Å². The van der Waals surface area contributed by atoms with Crippen molar-refractivity contribution in [3.05, 3.63) is 27.8 Å². The summed E-state index contributed by atoms with van der Waals surface area (Å²) in [6, 6.07) is 6.65. The van der Waals surface area contributed by atoms with E-state index in [4.69, 9.17) is 4.84 Å². The topological polar surface area (TPSA) is 55.4 Å². The third-order valence-electron chi connectivity index (χ3n) is 2.75. The van der Waals surface area contributed by atoms with Crippen molar-refractivity contribution in [3.8, 4) is 0 Å². The molecule has 1 saturated carbocycles. The van der Waals surface area contributed by atoms with E-state index in [0.29, 0.717) is 0 Å². The molecule has 0 heterocycles. The second-order valence-electron chi connectivity index (χ2n) is 4.07. The fourth-order valence-corrected chi connectivity index (χ4v) is 3.01. The van der Waals surface area contributed by atoms with Gasteiger partial charge in [-0.15, -0.1) is 0 Å². The number of hydrogen-bond donors (Lipinski definition) is 1. The molecule has 1 aromatic carbocycles. The van der Waals surface area contributed by atoms with Gasteiger partial charge in [-0.05, 0) is 59.7 Å². The Hall–Kier alpha value is -0.180. The standard InChI is InChI=1S/C11H14INO3S/c12-9-5-7-11(8-6-9)17(14,15)13-16-10-3-1-2-4-10/h5-8,10,13H,1-4H2. The van der Waals surface area contributed by atoms with Crippen molar-refractivity contribution in [2.75, 3.05) is 0 Å². The molecule has 1 aliphatic rings. The minimum Gasteiger partial charge on any atom is -0.284 e. The van der Waals surface area contributed by atoms with Gasteiger partial charge in [0.25, 0.3) is 10.0 Å². The van der Waals surface area contributed by atoms with Gasteiger partial charge < -0.3 is 0 Å². The Morgan fingerprint density at radius 1 is 1.18 bits per heavy atom. The summed E-state index contributed by atoms with van der Waals surface area (Å²) in [6.07, 6.45) is 4.09. The molecular weight excluding hydrogens is 353 g/mol. The van der Waals surface area contributed by atoms with Crippen LogP contribution in [0.2, 0.25) is 0 Å². The number of hydrogen-bond acceptors (Lipinski definition) is 3. The summed E-state index contributed by atoms with van der Waals surface area (Å²) in [5.74, 6) is 0. The summed E-state index contributed by atoms with van der Waals surface area (Å²) in [4.78, 5) is 7.65. The van der Waals surface area contributed by atoms with Gasteiger partial charge in [-0.25, -0.2) is 8.42 Å². The van der Waals surface area contributed by atoms with E-state index in [1.807, 2.05) is 0 Å². The maximum atomic E-state index is 11.9. The van der Waals surface area contributed by atoms with Crippen LogP contribution in [0.4, 0.5) is 0 Å². The molecule has 2 rings (SSSR count). The van der Waals surface area contributed by atoms with Crippen LogP contribution < -0.4 is 4.89 Å². The first-order valence-corrected chi connectivity index (χ1v) is 8.07. The van der Waals surface area contributed by atoms with Gasteiger partial charge in [-0.2, -0.15) is 0 Å². The van der Waals surface area contributed by atoms with Crippen LogP contribution in [0.1, 0.15) is 25.7 Å². The molecule has 0 saturated heterocycles. The Morgan fingerprint density at radius 2 is 1.76 bits per heavy atom. The maximum absolute atomic E-state index is 11.9. The average molecular weight is 367 g/mol. The van der Waals surface area contributed by atoms with Crippen LogP contribution in [0.5, 0.6) is 0 Å². The zero-order valence-electron chi connectivity index (χ0n) is 9.23. The fourth-order valence-electron chi connectivity index (χ4n) is 1.80. The van der Waals surface area contributed by atoms with Gasteiger partial charge in [0.2, 0.25) is 0 Å². The van der Waals surface area contributed by atoms with Crippen molar-refractivity contribution in [3.63, 3.8) is 0 Å². The number of rotatable bonds is 4. The molecular formula is C11H14INO3S. The predicted molar refractivity (Wildman–Crippen MR) is 72.8 cm³/mol. The van der Waals surface area contributed by atoms with Crippen molar-refractivity contribution in [1.29, 1.82) is 0 Å². The third-order valence-corrected chi connectivity index (χ3v) is 4.68. The Balaban J connectivity index is 2.00. The van der Waals surface area contributed by atoms with Crippen molar-refractivity contribution < 1.29 is 13.3 Å². The Morgan fingerprint density at radius 3 is 2.35 bits per heavy atom. The van der Waals surface area contributed by atoms with Crippen LogP contribution in [0.25, 0.3) is 0 Å². The highest BCUT2D eigenvalue weighted by molar-refractivity contribution is 14.1. The van der Waals surface area contributed by atoms with Gasteiger partial charge in [-0.3, -0.25) is 4.84 Å². The number of sulfonamides is 1. The summed E-state index contributed by atoms with van der Waals surface area (Å²) in [5.41, 5.74) is 0. The Kier molecular flexibility index (Phi) is 4.40. The molecule has 0 bridgehead atoms. The van der Waals surface area contributed by atoms with Crippen LogP contribution in [-0.2, 0) is 14.9 Å². The highest BCUT2D eigenvalue weighted by Gasteiger charge is 2.20. The molecule has 0 amide bonds. The quantitative estimate of drug-likeness (QED) is 0.657.